The zero-order valence-electron chi connectivity index (χ0n) is 36.8. The van der Waals surface area contributed by atoms with Crippen LogP contribution in [0.1, 0.15) is 0 Å². The molecule has 0 amide bonds. The average Bonchev–Trinajstić information content (AvgIpc) is 3.95. The second kappa shape index (κ2) is 16.4. The van der Waals surface area contributed by atoms with Crippen molar-refractivity contribution < 1.29 is 4.42 Å². The zero-order chi connectivity index (χ0) is 45.0. The molecule has 0 aliphatic rings. The molecule has 13 aromatic rings. The molecule has 3 heterocycles. The molecule has 0 unspecified atom stereocenters. The molecule has 68 heavy (non-hydrogen) atoms. The van der Waals surface area contributed by atoms with Crippen LogP contribution >= 0.6 is 0 Å². The quantitative estimate of drug-likeness (QED) is 0.153. The Morgan fingerprint density at radius 1 is 0.279 bits per heavy atom. The zero-order valence-corrected chi connectivity index (χ0v) is 36.8. The van der Waals surface area contributed by atoms with Crippen molar-refractivity contribution in [3.05, 3.63) is 243 Å². The fourth-order valence-electron chi connectivity index (χ4n) is 9.91. The van der Waals surface area contributed by atoms with Crippen molar-refractivity contribution >= 4 is 43.7 Å². The van der Waals surface area contributed by atoms with Crippen LogP contribution in [0.4, 0.5) is 0 Å². The van der Waals surface area contributed by atoms with Gasteiger partial charge in [0.05, 0.1) is 11.0 Å². The number of nitrogens with zero attached hydrogens (tertiary/aromatic N) is 4. The van der Waals surface area contributed by atoms with E-state index in [0.717, 1.165) is 99.9 Å². The van der Waals surface area contributed by atoms with Crippen LogP contribution in [-0.4, -0.2) is 19.5 Å². The van der Waals surface area contributed by atoms with Gasteiger partial charge < -0.3 is 8.98 Å². The summed E-state index contributed by atoms with van der Waals surface area (Å²) in [4.78, 5) is 15.8. The number of para-hydroxylation sites is 2. The molecule has 0 N–H and O–H groups in total. The molecular weight excluding hydrogens is 829 g/mol. The summed E-state index contributed by atoms with van der Waals surface area (Å²) in [6.45, 7) is 0. The van der Waals surface area contributed by atoms with Gasteiger partial charge in [-0.3, -0.25) is 0 Å². The van der Waals surface area contributed by atoms with Gasteiger partial charge in [0.25, 0.3) is 0 Å². The van der Waals surface area contributed by atoms with Crippen molar-refractivity contribution in [2.24, 2.45) is 0 Å². The molecule has 0 fully saturated rings. The highest BCUT2D eigenvalue weighted by Crippen LogP contribution is 2.45. The van der Waals surface area contributed by atoms with Gasteiger partial charge in [0.2, 0.25) is 0 Å². The summed E-state index contributed by atoms with van der Waals surface area (Å²) >= 11 is 0. The van der Waals surface area contributed by atoms with E-state index in [1.807, 2.05) is 36.4 Å². The number of aromatic nitrogens is 4. The molecule has 0 atom stereocenters. The van der Waals surface area contributed by atoms with Gasteiger partial charge in [0.15, 0.2) is 17.5 Å². The number of benzene rings is 10. The highest BCUT2D eigenvalue weighted by molar-refractivity contribution is 6.18. The molecule has 0 saturated carbocycles. The predicted molar refractivity (Wildman–Crippen MR) is 279 cm³/mol. The molecule has 318 valence electrons. The molecule has 0 aliphatic heterocycles. The Balaban J connectivity index is 1.07. The molecule has 10 aromatic carbocycles. The Hall–Kier alpha value is -9.19. The molecule has 0 radical (unpaired) electrons. The molecule has 5 heteroatoms. The topological polar surface area (TPSA) is 56.7 Å². The van der Waals surface area contributed by atoms with Gasteiger partial charge in [-0.15, -0.1) is 0 Å². The van der Waals surface area contributed by atoms with E-state index in [0.29, 0.717) is 17.5 Å². The van der Waals surface area contributed by atoms with Gasteiger partial charge in [-0.2, -0.15) is 0 Å². The average molecular weight is 869 g/mol. The molecular formula is C63H40N4O. The minimum Gasteiger partial charge on any atom is -0.456 e. The maximum atomic E-state index is 6.72. The van der Waals surface area contributed by atoms with Gasteiger partial charge in [-0.1, -0.05) is 194 Å². The van der Waals surface area contributed by atoms with E-state index in [9.17, 15) is 0 Å². The number of furan rings is 1. The van der Waals surface area contributed by atoms with Crippen LogP contribution in [0.25, 0.3) is 128 Å². The van der Waals surface area contributed by atoms with Crippen LogP contribution in [0, 0.1) is 0 Å². The summed E-state index contributed by atoms with van der Waals surface area (Å²) in [5.74, 6) is 1.80. The molecule has 5 nitrogen and oxygen atoms in total. The number of hydrogen-bond acceptors (Lipinski definition) is 4. The van der Waals surface area contributed by atoms with E-state index in [-0.39, 0.29) is 0 Å². The number of fused-ring (bicyclic) bond motifs is 6. The molecule has 0 saturated heterocycles. The first-order valence-electron chi connectivity index (χ1n) is 22.9. The Morgan fingerprint density at radius 3 is 1.44 bits per heavy atom. The Bertz CT molecular complexity index is 3880. The van der Waals surface area contributed by atoms with E-state index >= 15 is 0 Å². The fraction of sp³-hybridized carbons (Fsp3) is 0. The smallest absolute Gasteiger partial charge is 0.164 e. The maximum absolute atomic E-state index is 6.72. The van der Waals surface area contributed by atoms with Crippen LogP contribution < -0.4 is 0 Å². The van der Waals surface area contributed by atoms with Crippen LogP contribution in [0.5, 0.6) is 0 Å². The van der Waals surface area contributed by atoms with E-state index < -0.39 is 0 Å². The maximum Gasteiger partial charge on any atom is 0.164 e. The lowest BCUT2D eigenvalue weighted by Crippen LogP contribution is -2.01. The van der Waals surface area contributed by atoms with Crippen molar-refractivity contribution in [3.63, 3.8) is 0 Å². The highest BCUT2D eigenvalue weighted by Gasteiger charge is 2.22. The van der Waals surface area contributed by atoms with E-state index in [1.165, 1.54) is 10.8 Å². The van der Waals surface area contributed by atoms with Gasteiger partial charge in [0, 0.05) is 50.0 Å². The summed E-state index contributed by atoms with van der Waals surface area (Å²) in [6.07, 6.45) is 0. The highest BCUT2D eigenvalue weighted by atomic mass is 16.3. The molecule has 0 aliphatic carbocycles. The monoisotopic (exact) mass is 868 g/mol. The molecule has 0 bridgehead atoms. The Morgan fingerprint density at radius 2 is 0.809 bits per heavy atom. The minimum absolute atomic E-state index is 0.584. The standard InChI is InChI=1S/C63H40N4O/c1-6-19-41(20-7-1)49-30-18-31-50(42-21-8-2-9-22-42)60(49)46-33-35-48(55(38-46)63-65-61(43-23-10-3-11-24-43)64-62(66-63)44-25-12-4-13-26-44)45-34-36-58-53(37-45)54-39-52-51-29-16-17-32-56(51)67(47-27-14-5-15-28-47)57(52)40-59(54)68-58/h1-40H. The summed E-state index contributed by atoms with van der Waals surface area (Å²) < 4.78 is 9.05. The lowest BCUT2D eigenvalue weighted by Gasteiger charge is -2.19. The first-order valence-corrected chi connectivity index (χ1v) is 22.9. The van der Waals surface area contributed by atoms with Gasteiger partial charge >= 0.3 is 0 Å². The van der Waals surface area contributed by atoms with Crippen molar-refractivity contribution in [2.75, 3.05) is 0 Å². The summed E-state index contributed by atoms with van der Waals surface area (Å²) in [5.41, 5.74) is 16.5. The van der Waals surface area contributed by atoms with Crippen molar-refractivity contribution in [3.8, 4) is 84.4 Å². The van der Waals surface area contributed by atoms with Crippen molar-refractivity contribution in [2.45, 2.75) is 0 Å². The van der Waals surface area contributed by atoms with E-state index in [4.69, 9.17) is 19.4 Å². The molecule has 3 aromatic heterocycles. The first-order chi connectivity index (χ1) is 33.7. The number of rotatable bonds is 8. The third-order valence-electron chi connectivity index (χ3n) is 13.1. The second-order valence-corrected chi connectivity index (χ2v) is 17.1. The van der Waals surface area contributed by atoms with Crippen molar-refractivity contribution in [1.82, 2.24) is 19.5 Å². The van der Waals surface area contributed by atoms with Gasteiger partial charge in [-0.05, 0) is 87.0 Å². The van der Waals surface area contributed by atoms with Gasteiger partial charge in [-0.25, -0.2) is 15.0 Å². The number of hydrogen-bond donors (Lipinski definition) is 0. The normalized spacial score (nSPS) is 11.5. The lowest BCUT2D eigenvalue weighted by atomic mass is 9.85. The van der Waals surface area contributed by atoms with E-state index in [2.05, 4.69) is 211 Å². The summed E-state index contributed by atoms with van der Waals surface area (Å²) in [5, 5.41) is 4.47. The van der Waals surface area contributed by atoms with Crippen LogP contribution in [0.3, 0.4) is 0 Å². The van der Waals surface area contributed by atoms with Crippen LogP contribution in [-0.2, 0) is 0 Å². The van der Waals surface area contributed by atoms with Gasteiger partial charge in [0.1, 0.15) is 11.2 Å². The second-order valence-electron chi connectivity index (χ2n) is 17.1. The SMILES string of the molecule is c1ccc(-c2nc(-c3ccccc3)nc(-c3cc(-c4c(-c5ccccc5)cccc4-c4ccccc4)ccc3-c3ccc4oc5cc6c(cc5c4c3)c3ccccc3n6-c3ccccc3)n2)cc1. The van der Waals surface area contributed by atoms with Crippen LogP contribution in [0.15, 0.2) is 247 Å². The minimum atomic E-state index is 0.584. The Kier molecular flexibility index (Phi) is 9.43. The lowest BCUT2D eigenvalue weighted by molar-refractivity contribution is 0.669. The third kappa shape index (κ3) is 6.76. The predicted octanol–water partition coefficient (Wildman–Crippen LogP) is 16.5. The van der Waals surface area contributed by atoms with Crippen molar-refractivity contribution in [1.29, 1.82) is 0 Å². The first kappa shape index (κ1) is 39.2. The van der Waals surface area contributed by atoms with Crippen LogP contribution in [0.2, 0.25) is 0 Å². The summed E-state index contributed by atoms with van der Waals surface area (Å²) in [6, 6.07) is 85.2. The Labute approximate surface area is 392 Å². The van der Waals surface area contributed by atoms with E-state index in [1.54, 1.807) is 0 Å². The molecule has 13 rings (SSSR count). The third-order valence-corrected chi connectivity index (χ3v) is 13.1. The fourth-order valence-corrected chi connectivity index (χ4v) is 9.91. The summed E-state index contributed by atoms with van der Waals surface area (Å²) in [7, 11) is 0. The largest absolute Gasteiger partial charge is 0.456 e. The molecule has 0 spiro atoms.